The van der Waals surface area contributed by atoms with E-state index in [0.29, 0.717) is 17.1 Å². The molecule has 25 heavy (non-hydrogen) atoms. The van der Waals surface area contributed by atoms with Crippen molar-refractivity contribution in [1.29, 1.82) is 0 Å². The van der Waals surface area contributed by atoms with Gasteiger partial charge in [0.2, 0.25) is 0 Å². The molecule has 0 aliphatic rings. The molecule has 1 amide bonds. The predicted octanol–water partition coefficient (Wildman–Crippen LogP) is 2.30. The van der Waals surface area contributed by atoms with E-state index >= 15 is 0 Å². The standard InChI is InChI=1S/C18H23N5O2/c1-13(24)14-5-7-15(8-6-14)22-18(25)16-11-21-17(12-20-16)19-9-4-10-23(2)3/h5-8,11-12H,4,9-10H2,1-3H3,(H,19,21)(H,22,25). The lowest BCUT2D eigenvalue weighted by atomic mass is 10.1. The molecule has 1 aromatic heterocycles. The van der Waals surface area contributed by atoms with Gasteiger partial charge in [-0.15, -0.1) is 0 Å². The SMILES string of the molecule is CC(=O)c1ccc(NC(=O)c2cnc(NCCCN(C)C)cn2)cc1. The molecule has 7 nitrogen and oxygen atoms in total. The second kappa shape index (κ2) is 8.89. The van der Waals surface area contributed by atoms with Gasteiger partial charge in [-0.1, -0.05) is 0 Å². The quantitative estimate of drug-likeness (QED) is 0.566. The van der Waals surface area contributed by atoms with E-state index in [9.17, 15) is 9.59 Å². The monoisotopic (exact) mass is 341 g/mol. The van der Waals surface area contributed by atoms with Gasteiger partial charge in [0, 0.05) is 17.8 Å². The number of carbonyl (C=O) groups excluding carboxylic acids is 2. The first kappa shape index (κ1) is 18.5. The third kappa shape index (κ3) is 5.96. The molecule has 7 heteroatoms. The molecule has 2 N–H and O–H groups in total. The molecule has 0 spiro atoms. The smallest absolute Gasteiger partial charge is 0.275 e. The molecule has 0 fully saturated rings. The molecule has 0 aliphatic carbocycles. The Balaban J connectivity index is 1.88. The maximum absolute atomic E-state index is 12.2. The third-order valence-electron chi connectivity index (χ3n) is 3.52. The van der Waals surface area contributed by atoms with E-state index in [2.05, 4.69) is 25.5 Å². The average Bonchev–Trinajstić information content (AvgIpc) is 2.59. The average molecular weight is 341 g/mol. The Morgan fingerprint density at radius 2 is 1.80 bits per heavy atom. The second-order valence-electron chi connectivity index (χ2n) is 5.96. The van der Waals surface area contributed by atoms with Crippen LogP contribution in [0.1, 0.15) is 34.2 Å². The van der Waals surface area contributed by atoms with Crippen LogP contribution in [0.25, 0.3) is 0 Å². The van der Waals surface area contributed by atoms with E-state index < -0.39 is 0 Å². The minimum absolute atomic E-state index is 0.0163. The van der Waals surface area contributed by atoms with Crippen molar-refractivity contribution in [2.45, 2.75) is 13.3 Å². The molecule has 0 radical (unpaired) electrons. The summed E-state index contributed by atoms with van der Waals surface area (Å²) in [5, 5.41) is 5.90. The van der Waals surface area contributed by atoms with Gasteiger partial charge in [-0.25, -0.2) is 9.97 Å². The van der Waals surface area contributed by atoms with Crippen LogP contribution in [0.2, 0.25) is 0 Å². The maximum atomic E-state index is 12.2. The molecule has 0 saturated heterocycles. The van der Waals surface area contributed by atoms with Crippen molar-refractivity contribution >= 4 is 23.2 Å². The summed E-state index contributed by atoms with van der Waals surface area (Å²) in [6.07, 6.45) is 3.98. The highest BCUT2D eigenvalue weighted by atomic mass is 16.2. The predicted molar refractivity (Wildman–Crippen MR) is 98.1 cm³/mol. The fourth-order valence-electron chi connectivity index (χ4n) is 2.13. The van der Waals surface area contributed by atoms with Crippen LogP contribution in [0.5, 0.6) is 0 Å². The molecule has 0 atom stereocenters. The number of benzene rings is 1. The highest BCUT2D eigenvalue weighted by molar-refractivity contribution is 6.03. The number of nitrogens with one attached hydrogen (secondary N) is 2. The summed E-state index contributed by atoms with van der Waals surface area (Å²) >= 11 is 0. The van der Waals surface area contributed by atoms with E-state index in [0.717, 1.165) is 19.5 Å². The van der Waals surface area contributed by atoms with Crippen LogP contribution in [0, 0.1) is 0 Å². The van der Waals surface area contributed by atoms with E-state index in [1.807, 2.05) is 14.1 Å². The number of anilines is 2. The summed E-state index contributed by atoms with van der Waals surface area (Å²) in [6.45, 7) is 3.28. The van der Waals surface area contributed by atoms with Crippen molar-refractivity contribution in [3.63, 3.8) is 0 Å². The van der Waals surface area contributed by atoms with Gasteiger partial charge in [-0.05, 0) is 58.3 Å². The first-order valence-corrected chi connectivity index (χ1v) is 8.08. The van der Waals surface area contributed by atoms with Gasteiger partial charge >= 0.3 is 0 Å². The fourth-order valence-corrected chi connectivity index (χ4v) is 2.13. The van der Waals surface area contributed by atoms with E-state index in [1.165, 1.54) is 13.1 Å². The molecule has 1 heterocycles. The van der Waals surface area contributed by atoms with Crippen LogP contribution >= 0.6 is 0 Å². The first-order chi connectivity index (χ1) is 12.0. The van der Waals surface area contributed by atoms with Gasteiger partial charge in [-0.2, -0.15) is 0 Å². The zero-order chi connectivity index (χ0) is 18.2. The van der Waals surface area contributed by atoms with Gasteiger partial charge in [0.25, 0.3) is 5.91 Å². The second-order valence-corrected chi connectivity index (χ2v) is 5.96. The lowest BCUT2D eigenvalue weighted by Gasteiger charge is -2.10. The molecule has 0 saturated carbocycles. The van der Waals surface area contributed by atoms with Crippen molar-refractivity contribution in [1.82, 2.24) is 14.9 Å². The summed E-state index contributed by atoms with van der Waals surface area (Å²) in [7, 11) is 4.06. The van der Waals surface area contributed by atoms with Crippen LogP contribution in [0.4, 0.5) is 11.5 Å². The van der Waals surface area contributed by atoms with Crippen molar-refractivity contribution in [2.24, 2.45) is 0 Å². The van der Waals surface area contributed by atoms with Gasteiger partial charge in [0.05, 0.1) is 12.4 Å². The number of ketones is 1. The van der Waals surface area contributed by atoms with Gasteiger partial charge in [-0.3, -0.25) is 9.59 Å². The summed E-state index contributed by atoms with van der Waals surface area (Å²) in [5.41, 5.74) is 1.43. The number of Topliss-reactive ketones (excluding diaryl/α,β-unsaturated/α-hetero) is 1. The summed E-state index contributed by atoms with van der Waals surface area (Å²) < 4.78 is 0. The molecule has 2 rings (SSSR count). The minimum Gasteiger partial charge on any atom is -0.369 e. The normalized spacial score (nSPS) is 10.6. The highest BCUT2D eigenvalue weighted by Gasteiger charge is 2.09. The van der Waals surface area contributed by atoms with Crippen molar-refractivity contribution in [3.8, 4) is 0 Å². The molecule has 1 aromatic carbocycles. The number of aromatic nitrogens is 2. The number of carbonyl (C=O) groups is 2. The topological polar surface area (TPSA) is 87.2 Å². The Morgan fingerprint density at radius 1 is 1.08 bits per heavy atom. The lowest BCUT2D eigenvalue weighted by Crippen LogP contribution is -2.17. The Kier molecular flexibility index (Phi) is 6.59. The summed E-state index contributed by atoms with van der Waals surface area (Å²) in [5.74, 6) is 0.278. The molecule has 2 aromatic rings. The Morgan fingerprint density at radius 3 is 2.36 bits per heavy atom. The lowest BCUT2D eigenvalue weighted by molar-refractivity contribution is 0.101. The number of amides is 1. The summed E-state index contributed by atoms with van der Waals surface area (Å²) in [4.78, 5) is 33.9. The van der Waals surface area contributed by atoms with Crippen LogP contribution in [0.15, 0.2) is 36.7 Å². The summed E-state index contributed by atoms with van der Waals surface area (Å²) in [6, 6.07) is 6.71. The molecule has 132 valence electrons. The number of rotatable bonds is 8. The van der Waals surface area contributed by atoms with Gasteiger partial charge in [0.15, 0.2) is 5.78 Å². The number of hydrogen-bond acceptors (Lipinski definition) is 6. The molecular formula is C18H23N5O2. The minimum atomic E-state index is -0.345. The Hall–Kier alpha value is -2.80. The van der Waals surface area contributed by atoms with E-state index in [-0.39, 0.29) is 17.4 Å². The number of hydrogen-bond donors (Lipinski definition) is 2. The van der Waals surface area contributed by atoms with Crippen LogP contribution in [-0.2, 0) is 0 Å². The zero-order valence-corrected chi connectivity index (χ0v) is 14.7. The van der Waals surface area contributed by atoms with E-state index in [4.69, 9.17) is 0 Å². The highest BCUT2D eigenvalue weighted by Crippen LogP contribution is 2.11. The third-order valence-corrected chi connectivity index (χ3v) is 3.52. The molecule has 0 unspecified atom stereocenters. The van der Waals surface area contributed by atoms with Crippen LogP contribution in [-0.4, -0.2) is 53.7 Å². The van der Waals surface area contributed by atoms with Gasteiger partial charge < -0.3 is 15.5 Å². The Bertz CT molecular complexity index is 711. The van der Waals surface area contributed by atoms with Crippen LogP contribution < -0.4 is 10.6 Å². The van der Waals surface area contributed by atoms with Crippen molar-refractivity contribution in [2.75, 3.05) is 37.8 Å². The van der Waals surface area contributed by atoms with Crippen molar-refractivity contribution in [3.05, 3.63) is 47.9 Å². The van der Waals surface area contributed by atoms with Gasteiger partial charge in [0.1, 0.15) is 11.5 Å². The van der Waals surface area contributed by atoms with E-state index in [1.54, 1.807) is 30.5 Å². The zero-order valence-electron chi connectivity index (χ0n) is 14.7. The van der Waals surface area contributed by atoms with Crippen molar-refractivity contribution < 1.29 is 9.59 Å². The Labute approximate surface area is 147 Å². The van der Waals surface area contributed by atoms with Crippen LogP contribution in [0.3, 0.4) is 0 Å². The molecule has 0 aliphatic heterocycles. The first-order valence-electron chi connectivity index (χ1n) is 8.08. The largest absolute Gasteiger partial charge is 0.369 e. The number of nitrogens with zero attached hydrogens (tertiary/aromatic N) is 3. The molecular weight excluding hydrogens is 318 g/mol. The maximum Gasteiger partial charge on any atom is 0.275 e. The fraction of sp³-hybridized carbons (Fsp3) is 0.333. The molecule has 0 bridgehead atoms.